The molecule has 2 aliphatic rings. The first kappa shape index (κ1) is 18.0. The summed E-state index contributed by atoms with van der Waals surface area (Å²) in [5, 5.41) is 2.26. The Bertz CT molecular complexity index is 1120. The molecule has 5 rings (SSSR count). The zero-order chi connectivity index (χ0) is 19.6. The van der Waals surface area contributed by atoms with E-state index in [0.29, 0.717) is 12.1 Å². The van der Waals surface area contributed by atoms with Crippen LogP contribution in [0.5, 0.6) is 0 Å². The van der Waals surface area contributed by atoms with Gasteiger partial charge in [0.25, 0.3) is 0 Å². The maximum absolute atomic E-state index is 6.24. The molecule has 2 aliphatic heterocycles. The summed E-state index contributed by atoms with van der Waals surface area (Å²) in [5.74, 6) is 0. The zero-order valence-corrected chi connectivity index (χ0v) is 17.8. The Balaban J connectivity index is 1.72. The predicted molar refractivity (Wildman–Crippen MR) is 120 cm³/mol. The fourth-order valence-corrected chi connectivity index (χ4v) is 5.34. The summed E-state index contributed by atoms with van der Waals surface area (Å²) < 4.78 is 2.47. The molecule has 0 amide bonds. The van der Waals surface area contributed by atoms with Crippen molar-refractivity contribution in [2.75, 3.05) is 7.05 Å². The van der Waals surface area contributed by atoms with Crippen molar-refractivity contribution >= 4 is 34.3 Å². The second kappa shape index (κ2) is 6.50. The maximum Gasteiger partial charge on any atom is 0.0529 e. The number of nitrogens with zero attached hydrogens (tertiary/aromatic N) is 2. The van der Waals surface area contributed by atoms with Gasteiger partial charge in [-0.05, 0) is 81.1 Å². The highest BCUT2D eigenvalue weighted by Gasteiger charge is 2.40. The largest absolute Gasteiger partial charge is 0.320 e. The Hall–Kier alpha value is -2.03. The van der Waals surface area contributed by atoms with Crippen LogP contribution in [-0.2, 0) is 6.42 Å². The number of hydrogen-bond acceptors (Lipinski definition) is 1. The number of rotatable bonds is 2. The van der Waals surface area contributed by atoms with Crippen LogP contribution >= 0.6 is 11.6 Å². The summed E-state index contributed by atoms with van der Waals surface area (Å²) in [7, 11) is 2.31. The second-order valence-electron chi connectivity index (χ2n) is 8.64. The molecule has 3 heterocycles. The van der Waals surface area contributed by atoms with Gasteiger partial charge in [-0.2, -0.15) is 0 Å². The first-order valence-corrected chi connectivity index (χ1v) is 10.6. The molecule has 144 valence electrons. The van der Waals surface area contributed by atoms with Crippen molar-refractivity contribution in [2.24, 2.45) is 0 Å². The van der Waals surface area contributed by atoms with Crippen LogP contribution in [0.3, 0.4) is 0 Å². The summed E-state index contributed by atoms with van der Waals surface area (Å²) in [5.41, 5.74) is 9.38. The third-order valence-corrected chi connectivity index (χ3v) is 7.27. The fraction of sp³-hybridized carbons (Fsp3) is 0.360. The van der Waals surface area contributed by atoms with Crippen LogP contribution in [0.15, 0.2) is 36.4 Å². The zero-order valence-electron chi connectivity index (χ0n) is 17.1. The topological polar surface area (TPSA) is 8.17 Å². The van der Waals surface area contributed by atoms with Gasteiger partial charge in [0.2, 0.25) is 0 Å². The molecule has 2 nitrogen and oxygen atoms in total. The van der Waals surface area contributed by atoms with E-state index in [2.05, 4.69) is 73.8 Å². The molecule has 28 heavy (non-hydrogen) atoms. The molecule has 2 unspecified atom stereocenters. The molecule has 0 radical (unpaired) electrons. The number of aryl methyl sites for hydroxylation is 2. The lowest BCUT2D eigenvalue weighted by molar-refractivity contribution is 0.223. The van der Waals surface area contributed by atoms with Crippen molar-refractivity contribution in [3.63, 3.8) is 0 Å². The van der Waals surface area contributed by atoms with Gasteiger partial charge in [0.15, 0.2) is 0 Å². The van der Waals surface area contributed by atoms with E-state index in [1.165, 1.54) is 46.1 Å². The summed E-state index contributed by atoms with van der Waals surface area (Å²) in [6, 6.07) is 14.5. The van der Waals surface area contributed by atoms with E-state index in [1.54, 1.807) is 5.56 Å². The molecule has 2 aromatic carbocycles. The smallest absolute Gasteiger partial charge is 0.0529 e. The maximum atomic E-state index is 6.24. The molecule has 3 heteroatoms. The van der Waals surface area contributed by atoms with Crippen molar-refractivity contribution in [1.29, 1.82) is 0 Å². The van der Waals surface area contributed by atoms with Gasteiger partial charge < -0.3 is 4.57 Å². The molecule has 0 spiro atoms. The third-order valence-electron chi connectivity index (χ3n) is 6.84. The van der Waals surface area contributed by atoms with Gasteiger partial charge in [0.05, 0.1) is 5.52 Å². The summed E-state index contributed by atoms with van der Waals surface area (Å²) in [6.45, 7) is 6.48. The fourth-order valence-electron chi connectivity index (χ4n) is 5.22. The van der Waals surface area contributed by atoms with Crippen molar-refractivity contribution in [2.45, 2.75) is 52.1 Å². The number of benzene rings is 2. The Morgan fingerprint density at radius 3 is 2.71 bits per heavy atom. The Kier molecular flexibility index (Phi) is 4.19. The van der Waals surface area contributed by atoms with Crippen LogP contribution in [0, 0.1) is 13.8 Å². The number of aromatic nitrogens is 1. The van der Waals surface area contributed by atoms with E-state index in [1.807, 2.05) is 6.07 Å². The van der Waals surface area contributed by atoms with E-state index < -0.39 is 0 Å². The summed E-state index contributed by atoms with van der Waals surface area (Å²) in [6.07, 6.45) is 6.06. The third kappa shape index (κ3) is 2.66. The van der Waals surface area contributed by atoms with Crippen LogP contribution < -0.4 is 0 Å². The average Bonchev–Trinajstić information content (AvgIpc) is 3.07. The molecular formula is C25H27ClN2. The first-order chi connectivity index (χ1) is 13.4. The van der Waals surface area contributed by atoms with E-state index in [4.69, 9.17) is 11.6 Å². The van der Waals surface area contributed by atoms with Crippen molar-refractivity contribution in [1.82, 2.24) is 9.47 Å². The summed E-state index contributed by atoms with van der Waals surface area (Å²) >= 11 is 6.24. The Morgan fingerprint density at radius 1 is 1.11 bits per heavy atom. The Morgan fingerprint density at radius 2 is 1.93 bits per heavy atom. The van der Waals surface area contributed by atoms with Gasteiger partial charge in [-0.3, -0.25) is 4.90 Å². The molecule has 0 N–H and O–H groups in total. The average molecular weight is 391 g/mol. The Labute approximate surface area is 172 Å². The predicted octanol–water partition coefficient (Wildman–Crippen LogP) is 6.62. The lowest BCUT2D eigenvalue weighted by Gasteiger charge is -2.32. The monoisotopic (exact) mass is 390 g/mol. The van der Waals surface area contributed by atoms with Gasteiger partial charge in [-0.25, -0.2) is 0 Å². The van der Waals surface area contributed by atoms with E-state index in [0.717, 1.165) is 17.0 Å². The van der Waals surface area contributed by atoms with E-state index in [9.17, 15) is 0 Å². The standard InChI is InChI=1S/C25H27ClN2/c1-15-5-9-22-20(11-15)25-23-10-7-19(27(23)4)13-24(25)28(22)14-17(3)18-6-8-21(26)16(2)12-18/h5-6,8-9,11-12,14,19,23H,7,10,13H2,1-4H3/b17-14+. The van der Waals surface area contributed by atoms with Gasteiger partial charge in [-0.15, -0.1) is 0 Å². The minimum atomic E-state index is 0.561. The molecular weight excluding hydrogens is 364 g/mol. The van der Waals surface area contributed by atoms with Crippen LogP contribution in [0.2, 0.25) is 5.02 Å². The van der Waals surface area contributed by atoms with Crippen LogP contribution in [0.25, 0.3) is 22.7 Å². The highest BCUT2D eigenvalue weighted by molar-refractivity contribution is 6.31. The van der Waals surface area contributed by atoms with Gasteiger partial charge in [0, 0.05) is 40.8 Å². The molecule has 1 aromatic heterocycles. The minimum absolute atomic E-state index is 0.561. The molecule has 2 atom stereocenters. The van der Waals surface area contributed by atoms with Gasteiger partial charge >= 0.3 is 0 Å². The molecule has 0 saturated carbocycles. The highest BCUT2D eigenvalue weighted by atomic mass is 35.5. The molecule has 1 fully saturated rings. The SMILES string of the molecule is C/C(=C\n1c2c(c3cc(C)ccc31)C1CCC(C2)N1C)c1ccc(Cl)c(C)c1. The normalized spacial score (nSPS) is 22.1. The first-order valence-electron chi connectivity index (χ1n) is 10.2. The number of allylic oxidation sites excluding steroid dienone is 1. The van der Waals surface area contributed by atoms with Crippen LogP contribution in [0.4, 0.5) is 0 Å². The van der Waals surface area contributed by atoms with Crippen molar-refractivity contribution in [3.8, 4) is 0 Å². The lowest BCUT2D eigenvalue weighted by atomic mass is 9.97. The summed E-state index contributed by atoms with van der Waals surface area (Å²) in [4.78, 5) is 2.60. The molecule has 2 bridgehead atoms. The number of fused-ring (bicyclic) bond motifs is 6. The molecule has 0 aliphatic carbocycles. The van der Waals surface area contributed by atoms with Crippen LogP contribution in [-0.4, -0.2) is 22.6 Å². The van der Waals surface area contributed by atoms with Crippen molar-refractivity contribution in [3.05, 3.63) is 69.4 Å². The van der Waals surface area contributed by atoms with E-state index in [-0.39, 0.29) is 0 Å². The molecule has 3 aromatic rings. The lowest BCUT2D eigenvalue weighted by Crippen LogP contribution is -2.34. The molecule has 1 saturated heterocycles. The minimum Gasteiger partial charge on any atom is -0.320 e. The second-order valence-corrected chi connectivity index (χ2v) is 9.05. The number of halogens is 1. The van der Waals surface area contributed by atoms with Crippen molar-refractivity contribution < 1.29 is 0 Å². The highest BCUT2D eigenvalue weighted by Crippen LogP contribution is 2.47. The quantitative estimate of drug-likeness (QED) is 0.477. The van der Waals surface area contributed by atoms with Gasteiger partial charge in [-0.1, -0.05) is 35.4 Å². The number of likely N-dealkylation sites (N-methyl/N-ethyl adjacent to an activating group) is 1. The number of hydrogen-bond donors (Lipinski definition) is 0. The van der Waals surface area contributed by atoms with Crippen LogP contribution in [0.1, 0.15) is 53.8 Å². The van der Waals surface area contributed by atoms with Gasteiger partial charge in [0.1, 0.15) is 0 Å². The van der Waals surface area contributed by atoms with E-state index >= 15 is 0 Å².